The van der Waals surface area contributed by atoms with E-state index in [4.69, 9.17) is 15.7 Å². The van der Waals surface area contributed by atoms with E-state index in [1.54, 1.807) is 0 Å². The van der Waals surface area contributed by atoms with E-state index in [1.165, 1.54) is 24.3 Å². The van der Waals surface area contributed by atoms with Crippen LogP contribution in [0.5, 0.6) is 0 Å². The fourth-order valence-electron chi connectivity index (χ4n) is 1.42. The van der Waals surface area contributed by atoms with Crippen LogP contribution >= 0.6 is 0 Å². The standard InChI is InChI=1S/C12H18N2O4S/c1-2-7-18-8-9-19(16,17)11-5-3-10(4-6-11)12(13)14-15/h3-6,15H,2,7-9H2,1H3,(H2,13,14). The highest BCUT2D eigenvalue weighted by atomic mass is 32.2. The quantitative estimate of drug-likeness (QED) is 0.256. The van der Waals surface area contributed by atoms with Crippen molar-refractivity contribution in [3.8, 4) is 0 Å². The summed E-state index contributed by atoms with van der Waals surface area (Å²) >= 11 is 0. The second-order valence-corrected chi connectivity index (χ2v) is 6.05. The predicted octanol–water partition coefficient (Wildman–Crippen LogP) is 0.981. The SMILES string of the molecule is CCCOCCS(=O)(=O)c1ccc(/C(N)=N/O)cc1. The molecule has 0 fully saturated rings. The molecule has 7 heteroatoms. The number of hydrogen-bond acceptors (Lipinski definition) is 5. The molecule has 0 heterocycles. The summed E-state index contributed by atoms with van der Waals surface area (Å²) in [5.74, 6) is -0.120. The van der Waals surface area contributed by atoms with E-state index < -0.39 is 9.84 Å². The Kier molecular flexibility index (Phi) is 5.78. The first-order chi connectivity index (χ1) is 9.01. The van der Waals surface area contributed by atoms with Gasteiger partial charge in [-0.15, -0.1) is 0 Å². The molecule has 1 rings (SSSR count). The highest BCUT2D eigenvalue weighted by Crippen LogP contribution is 2.12. The molecule has 0 saturated carbocycles. The molecule has 0 radical (unpaired) electrons. The predicted molar refractivity (Wildman–Crippen MR) is 72.1 cm³/mol. The fraction of sp³-hybridized carbons (Fsp3) is 0.417. The summed E-state index contributed by atoms with van der Waals surface area (Å²) in [7, 11) is -3.36. The molecule has 0 spiro atoms. The molecule has 0 aromatic heterocycles. The second-order valence-electron chi connectivity index (χ2n) is 3.94. The molecule has 19 heavy (non-hydrogen) atoms. The summed E-state index contributed by atoms with van der Waals surface area (Å²) in [4.78, 5) is 0.196. The van der Waals surface area contributed by atoms with Gasteiger partial charge in [-0.1, -0.05) is 12.1 Å². The minimum Gasteiger partial charge on any atom is -0.409 e. The van der Waals surface area contributed by atoms with Crippen molar-refractivity contribution < 1.29 is 18.4 Å². The van der Waals surface area contributed by atoms with Gasteiger partial charge >= 0.3 is 0 Å². The molecule has 1 aromatic carbocycles. The number of amidine groups is 1. The van der Waals surface area contributed by atoms with Crippen molar-refractivity contribution in [2.75, 3.05) is 19.0 Å². The highest BCUT2D eigenvalue weighted by molar-refractivity contribution is 7.91. The highest BCUT2D eigenvalue weighted by Gasteiger charge is 2.14. The number of ether oxygens (including phenoxy) is 1. The summed E-state index contributed by atoms with van der Waals surface area (Å²) in [5.41, 5.74) is 5.86. The van der Waals surface area contributed by atoms with Crippen LogP contribution in [0.2, 0.25) is 0 Å². The lowest BCUT2D eigenvalue weighted by atomic mass is 10.2. The maximum absolute atomic E-state index is 12.0. The summed E-state index contributed by atoms with van der Waals surface area (Å²) in [6.45, 7) is 2.69. The van der Waals surface area contributed by atoms with E-state index in [2.05, 4.69) is 5.16 Å². The third kappa shape index (κ3) is 4.53. The zero-order chi connectivity index (χ0) is 14.3. The third-order valence-electron chi connectivity index (χ3n) is 2.46. The van der Waals surface area contributed by atoms with Crippen LogP contribution in [0.1, 0.15) is 18.9 Å². The minimum absolute atomic E-state index is 0.0596. The molecule has 6 nitrogen and oxygen atoms in total. The Balaban J connectivity index is 2.74. The first kappa shape index (κ1) is 15.5. The van der Waals surface area contributed by atoms with Crippen molar-refractivity contribution in [3.63, 3.8) is 0 Å². The van der Waals surface area contributed by atoms with Crippen LogP contribution in [-0.2, 0) is 14.6 Å². The Hall–Kier alpha value is -1.60. The van der Waals surface area contributed by atoms with Crippen LogP contribution in [0.4, 0.5) is 0 Å². The van der Waals surface area contributed by atoms with Crippen LogP contribution in [0, 0.1) is 0 Å². The Morgan fingerprint density at radius 1 is 1.32 bits per heavy atom. The van der Waals surface area contributed by atoms with E-state index in [1.807, 2.05) is 6.92 Å². The van der Waals surface area contributed by atoms with Crippen molar-refractivity contribution in [2.24, 2.45) is 10.9 Å². The Morgan fingerprint density at radius 3 is 2.47 bits per heavy atom. The fourth-order valence-corrected chi connectivity index (χ4v) is 2.55. The van der Waals surface area contributed by atoms with Gasteiger partial charge in [-0.05, 0) is 30.7 Å². The maximum atomic E-state index is 12.0. The molecular formula is C12H18N2O4S. The lowest BCUT2D eigenvalue weighted by Gasteiger charge is -2.06. The van der Waals surface area contributed by atoms with Gasteiger partial charge in [-0.25, -0.2) is 8.42 Å². The first-order valence-electron chi connectivity index (χ1n) is 5.89. The Morgan fingerprint density at radius 2 is 1.95 bits per heavy atom. The van der Waals surface area contributed by atoms with Crippen LogP contribution in [0.15, 0.2) is 34.3 Å². The molecule has 0 atom stereocenters. The lowest BCUT2D eigenvalue weighted by molar-refractivity contribution is 0.149. The van der Waals surface area contributed by atoms with Crippen molar-refractivity contribution in [1.29, 1.82) is 0 Å². The monoisotopic (exact) mass is 286 g/mol. The van der Waals surface area contributed by atoms with Gasteiger partial charge in [0.05, 0.1) is 17.3 Å². The molecular weight excluding hydrogens is 268 g/mol. The van der Waals surface area contributed by atoms with Crippen LogP contribution in [-0.4, -0.2) is 38.4 Å². The van der Waals surface area contributed by atoms with Gasteiger partial charge in [0.25, 0.3) is 0 Å². The van der Waals surface area contributed by atoms with Crippen LogP contribution in [0.25, 0.3) is 0 Å². The smallest absolute Gasteiger partial charge is 0.180 e. The zero-order valence-electron chi connectivity index (χ0n) is 10.7. The summed E-state index contributed by atoms with van der Waals surface area (Å²) in [6.07, 6.45) is 0.856. The van der Waals surface area contributed by atoms with Gasteiger partial charge in [0.2, 0.25) is 0 Å². The largest absolute Gasteiger partial charge is 0.409 e. The summed E-state index contributed by atoms with van der Waals surface area (Å²) < 4.78 is 29.1. The number of oxime groups is 1. The number of hydrogen-bond donors (Lipinski definition) is 2. The molecule has 0 saturated heterocycles. The minimum atomic E-state index is -3.36. The molecule has 0 unspecified atom stereocenters. The molecule has 0 aliphatic heterocycles. The number of rotatable bonds is 7. The van der Waals surface area contributed by atoms with Crippen LogP contribution in [0.3, 0.4) is 0 Å². The van der Waals surface area contributed by atoms with Crippen LogP contribution < -0.4 is 5.73 Å². The van der Waals surface area contributed by atoms with E-state index in [0.29, 0.717) is 12.2 Å². The van der Waals surface area contributed by atoms with E-state index in [9.17, 15) is 8.42 Å². The van der Waals surface area contributed by atoms with Gasteiger partial charge < -0.3 is 15.7 Å². The van der Waals surface area contributed by atoms with Crippen molar-refractivity contribution in [1.82, 2.24) is 0 Å². The topological polar surface area (TPSA) is 102 Å². The van der Waals surface area contributed by atoms with Gasteiger partial charge in [0, 0.05) is 12.2 Å². The van der Waals surface area contributed by atoms with Crippen molar-refractivity contribution >= 4 is 15.7 Å². The van der Waals surface area contributed by atoms with E-state index >= 15 is 0 Å². The molecule has 0 bridgehead atoms. The number of nitrogens with zero attached hydrogens (tertiary/aromatic N) is 1. The average molecular weight is 286 g/mol. The zero-order valence-corrected chi connectivity index (χ0v) is 11.6. The Bertz CT molecular complexity index is 523. The second kappa shape index (κ2) is 7.10. The average Bonchev–Trinajstić information content (AvgIpc) is 2.43. The number of benzene rings is 1. The van der Waals surface area contributed by atoms with Crippen molar-refractivity contribution in [2.45, 2.75) is 18.2 Å². The molecule has 0 amide bonds. The summed E-state index contributed by atoms with van der Waals surface area (Å²) in [6, 6.07) is 5.86. The lowest BCUT2D eigenvalue weighted by Crippen LogP contribution is -2.15. The molecule has 3 N–H and O–H groups in total. The molecule has 106 valence electrons. The Labute approximate surface area is 112 Å². The van der Waals surface area contributed by atoms with E-state index in [-0.39, 0.29) is 23.1 Å². The normalized spacial score (nSPS) is 12.6. The van der Waals surface area contributed by atoms with Gasteiger partial charge in [-0.2, -0.15) is 0 Å². The maximum Gasteiger partial charge on any atom is 0.180 e. The molecule has 0 aliphatic carbocycles. The summed E-state index contributed by atoms with van der Waals surface area (Å²) in [5, 5.41) is 11.4. The molecule has 0 aliphatic rings. The van der Waals surface area contributed by atoms with Gasteiger partial charge in [-0.3, -0.25) is 0 Å². The number of sulfone groups is 1. The van der Waals surface area contributed by atoms with Gasteiger partial charge in [0.1, 0.15) is 0 Å². The first-order valence-corrected chi connectivity index (χ1v) is 7.55. The van der Waals surface area contributed by atoms with E-state index in [0.717, 1.165) is 6.42 Å². The number of nitrogens with two attached hydrogens (primary N) is 1. The van der Waals surface area contributed by atoms with Gasteiger partial charge in [0.15, 0.2) is 15.7 Å². The third-order valence-corrected chi connectivity index (χ3v) is 4.16. The molecule has 1 aromatic rings. The van der Waals surface area contributed by atoms with Crippen molar-refractivity contribution in [3.05, 3.63) is 29.8 Å².